The lowest BCUT2D eigenvalue weighted by atomic mass is 10.2. The molecule has 0 aliphatic carbocycles. The van der Waals surface area contributed by atoms with Crippen molar-refractivity contribution in [1.29, 1.82) is 0 Å². The Morgan fingerprint density at radius 2 is 2.19 bits per heavy atom. The zero-order valence-electron chi connectivity index (χ0n) is 10.9. The Bertz CT molecular complexity index is 786. The van der Waals surface area contributed by atoms with Crippen LogP contribution in [0.4, 0.5) is 0 Å². The van der Waals surface area contributed by atoms with Gasteiger partial charge in [0.2, 0.25) is 10.0 Å². The van der Waals surface area contributed by atoms with Crippen LogP contribution in [0.3, 0.4) is 0 Å². The van der Waals surface area contributed by atoms with E-state index in [1.54, 1.807) is 6.92 Å². The molecule has 7 nitrogen and oxygen atoms in total. The van der Waals surface area contributed by atoms with Gasteiger partial charge in [0, 0.05) is 21.4 Å². The second kappa shape index (κ2) is 6.12. The number of aromatic nitrogens is 2. The number of aryl methyl sites for hydroxylation is 1. The standard InChI is InChI=1S/C12H12IN3O4S/c1-7-8(5-14-16-7)6-15-21(19,20)9-2-3-11(13)10(4-9)12(17)18/h2-5,15H,6H2,1H3,(H,14,16)(H,17,18). The number of benzene rings is 1. The number of nitrogens with one attached hydrogen (secondary N) is 2. The Labute approximate surface area is 135 Å². The lowest BCUT2D eigenvalue weighted by Gasteiger charge is -2.08. The summed E-state index contributed by atoms with van der Waals surface area (Å²) < 4.78 is 27.3. The minimum atomic E-state index is -3.78. The largest absolute Gasteiger partial charge is 0.478 e. The van der Waals surface area contributed by atoms with E-state index in [-0.39, 0.29) is 17.0 Å². The van der Waals surface area contributed by atoms with E-state index in [1.807, 2.05) is 22.6 Å². The molecule has 2 aromatic rings. The predicted octanol–water partition coefficient (Wildman–Crippen LogP) is 1.50. The van der Waals surface area contributed by atoms with E-state index in [9.17, 15) is 13.2 Å². The number of aromatic carboxylic acids is 1. The van der Waals surface area contributed by atoms with Crippen molar-refractivity contribution in [2.75, 3.05) is 0 Å². The maximum absolute atomic E-state index is 12.2. The molecule has 0 unspecified atom stereocenters. The quantitative estimate of drug-likeness (QED) is 0.634. The number of nitrogens with zero attached hydrogens (tertiary/aromatic N) is 1. The van der Waals surface area contributed by atoms with Crippen LogP contribution in [0.2, 0.25) is 0 Å². The first-order chi connectivity index (χ1) is 9.81. The Morgan fingerprint density at radius 1 is 1.48 bits per heavy atom. The lowest BCUT2D eigenvalue weighted by Crippen LogP contribution is -2.23. The monoisotopic (exact) mass is 421 g/mol. The molecule has 1 heterocycles. The molecule has 112 valence electrons. The van der Waals surface area contributed by atoms with Crippen molar-refractivity contribution in [3.05, 3.63) is 44.8 Å². The van der Waals surface area contributed by atoms with Crippen molar-refractivity contribution < 1.29 is 18.3 Å². The molecular formula is C12H12IN3O4S. The number of carbonyl (C=O) groups is 1. The van der Waals surface area contributed by atoms with E-state index in [0.717, 1.165) is 17.3 Å². The third-order valence-corrected chi connectivity index (χ3v) is 5.21. The molecule has 0 spiro atoms. The second-order valence-corrected chi connectivity index (χ2v) is 7.22. The van der Waals surface area contributed by atoms with Gasteiger partial charge in [-0.3, -0.25) is 5.10 Å². The number of H-pyrrole nitrogens is 1. The maximum atomic E-state index is 12.2. The highest BCUT2D eigenvalue weighted by Crippen LogP contribution is 2.18. The second-order valence-electron chi connectivity index (χ2n) is 4.29. The van der Waals surface area contributed by atoms with Gasteiger partial charge in [0.25, 0.3) is 0 Å². The lowest BCUT2D eigenvalue weighted by molar-refractivity contribution is 0.0695. The minimum Gasteiger partial charge on any atom is -0.478 e. The van der Waals surface area contributed by atoms with E-state index < -0.39 is 16.0 Å². The van der Waals surface area contributed by atoms with Crippen molar-refractivity contribution in [2.45, 2.75) is 18.4 Å². The molecule has 9 heteroatoms. The summed E-state index contributed by atoms with van der Waals surface area (Å²) in [6, 6.07) is 3.98. The Kier molecular flexibility index (Phi) is 4.64. The average Bonchev–Trinajstić information content (AvgIpc) is 2.82. The van der Waals surface area contributed by atoms with Gasteiger partial charge < -0.3 is 5.11 Å². The molecule has 0 amide bonds. The molecule has 1 aromatic heterocycles. The van der Waals surface area contributed by atoms with Gasteiger partial charge in [0.05, 0.1) is 16.7 Å². The number of hydrogen-bond acceptors (Lipinski definition) is 4. The van der Waals surface area contributed by atoms with Gasteiger partial charge in [-0.2, -0.15) is 5.10 Å². The van der Waals surface area contributed by atoms with Crippen molar-refractivity contribution >= 4 is 38.6 Å². The summed E-state index contributed by atoms with van der Waals surface area (Å²) in [5.74, 6) is -1.16. The summed E-state index contributed by atoms with van der Waals surface area (Å²) in [5.41, 5.74) is 1.45. The van der Waals surface area contributed by atoms with Crippen LogP contribution in [0.15, 0.2) is 29.3 Å². The normalized spacial score (nSPS) is 11.5. The molecule has 2 rings (SSSR count). The highest BCUT2D eigenvalue weighted by atomic mass is 127. The Hall–Kier alpha value is -1.46. The Balaban J connectivity index is 2.26. The number of carboxylic acid groups (broad SMARTS) is 1. The summed E-state index contributed by atoms with van der Waals surface area (Å²) in [6.45, 7) is 1.86. The molecule has 0 aliphatic rings. The fraction of sp³-hybridized carbons (Fsp3) is 0.167. The zero-order valence-corrected chi connectivity index (χ0v) is 13.9. The van der Waals surface area contributed by atoms with Crippen molar-refractivity contribution in [2.24, 2.45) is 0 Å². The first-order valence-corrected chi connectivity index (χ1v) is 8.39. The number of carboxylic acids is 1. The van der Waals surface area contributed by atoms with E-state index in [2.05, 4.69) is 14.9 Å². The topological polar surface area (TPSA) is 112 Å². The highest BCUT2D eigenvalue weighted by Gasteiger charge is 2.18. The van der Waals surface area contributed by atoms with Crippen LogP contribution in [-0.4, -0.2) is 29.7 Å². The van der Waals surface area contributed by atoms with E-state index in [0.29, 0.717) is 3.57 Å². The van der Waals surface area contributed by atoms with Crippen molar-refractivity contribution in [1.82, 2.24) is 14.9 Å². The SMILES string of the molecule is Cc1[nH]ncc1CNS(=O)(=O)c1ccc(I)c(C(=O)O)c1. The first kappa shape index (κ1) is 15.9. The molecule has 0 saturated carbocycles. The van der Waals surface area contributed by atoms with Gasteiger partial charge in [-0.15, -0.1) is 0 Å². The van der Waals surface area contributed by atoms with Gasteiger partial charge >= 0.3 is 5.97 Å². The number of aromatic amines is 1. The summed E-state index contributed by atoms with van der Waals surface area (Å²) in [4.78, 5) is 11.0. The predicted molar refractivity (Wildman–Crippen MR) is 83.5 cm³/mol. The van der Waals surface area contributed by atoms with Crippen LogP contribution in [0.5, 0.6) is 0 Å². The molecule has 0 saturated heterocycles. The summed E-state index contributed by atoms with van der Waals surface area (Å²) in [5, 5.41) is 15.6. The van der Waals surface area contributed by atoms with Crippen molar-refractivity contribution in [3.63, 3.8) is 0 Å². The van der Waals surface area contributed by atoms with Crippen LogP contribution >= 0.6 is 22.6 Å². The summed E-state index contributed by atoms with van der Waals surface area (Å²) in [6.07, 6.45) is 1.54. The molecule has 0 atom stereocenters. The van der Waals surface area contributed by atoms with Crippen LogP contribution in [0.25, 0.3) is 0 Å². The Morgan fingerprint density at radius 3 is 2.76 bits per heavy atom. The number of sulfonamides is 1. The smallest absolute Gasteiger partial charge is 0.336 e. The maximum Gasteiger partial charge on any atom is 0.336 e. The molecule has 0 radical (unpaired) electrons. The van der Waals surface area contributed by atoms with Gasteiger partial charge in [0.15, 0.2) is 0 Å². The molecule has 0 fully saturated rings. The summed E-state index contributed by atoms with van der Waals surface area (Å²) in [7, 11) is -3.78. The zero-order chi connectivity index (χ0) is 15.6. The number of halogens is 1. The van der Waals surface area contributed by atoms with Crippen LogP contribution in [0.1, 0.15) is 21.6 Å². The van der Waals surface area contributed by atoms with Gasteiger partial charge in [-0.25, -0.2) is 17.9 Å². The minimum absolute atomic E-state index is 0.0435. The first-order valence-electron chi connectivity index (χ1n) is 5.82. The molecule has 1 aromatic carbocycles. The third-order valence-electron chi connectivity index (χ3n) is 2.87. The molecular weight excluding hydrogens is 409 g/mol. The highest BCUT2D eigenvalue weighted by molar-refractivity contribution is 14.1. The molecule has 21 heavy (non-hydrogen) atoms. The van der Waals surface area contributed by atoms with Gasteiger partial charge in [0.1, 0.15) is 0 Å². The molecule has 3 N–H and O–H groups in total. The summed E-state index contributed by atoms with van der Waals surface area (Å²) >= 11 is 1.85. The van der Waals surface area contributed by atoms with Gasteiger partial charge in [-0.1, -0.05) is 0 Å². The van der Waals surface area contributed by atoms with E-state index in [1.165, 1.54) is 18.3 Å². The van der Waals surface area contributed by atoms with Gasteiger partial charge in [-0.05, 0) is 47.7 Å². The van der Waals surface area contributed by atoms with Crippen LogP contribution < -0.4 is 4.72 Å². The van der Waals surface area contributed by atoms with E-state index in [4.69, 9.17) is 5.11 Å². The molecule has 0 bridgehead atoms. The number of rotatable bonds is 5. The number of hydrogen-bond donors (Lipinski definition) is 3. The fourth-order valence-corrected chi connectivity index (χ4v) is 3.24. The third kappa shape index (κ3) is 3.60. The average molecular weight is 421 g/mol. The van der Waals surface area contributed by atoms with Crippen LogP contribution in [0, 0.1) is 10.5 Å². The fourth-order valence-electron chi connectivity index (χ4n) is 1.65. The van der Waals surface area contributed by atoms with Crippen molar-refractivity contribution in [3.8, 4) is 0 Å². The molecule has 0 aliphatic heterocycles. The van der Waals surface area contributed by atoms with E-state index >= 15 is 0 Å². The van der Waals surface area contributed by atoms with Crippen LogP contribution in [-0.2, 0) is 16.6 Å².